The van der Waals surface area contributed by atoms with Gasteiger partial charge >= 0.3 is 0 Å². The number of ether oxygens (including phenoxy) is 3. The molecule has 0 saturated heterocycles. The number of methoxy groups -OCH3 is 1. The van der Waals surface area contributed by atoms with Gasteiger partial charge in [-0.25, -0.2) is 8.42 Å². The summed E-state index contributed by atoms with van der Waals surface area (Å²) in [6, 6.07) is 18.0. The Bertz CT molecular complexity index is 1270. The number of carbonyl (C=O) groups is 1. The maximum absolute atomic E-state index is 12.7. The lowest BCUT2D eigenvalue weighted by molar-refractivity contribution is -0.111. The molecule has 0 aromatic heterocycles. The summed E-state index contributed by atoms with van der Waals surface area (Å²) in [6.07, 6.45) is 2.95. The fourth-order valence-corrected chi connectivity index (χ4v) is 4.09. The number of fused-ring (bicyclic) bond motifs is 1. The number of amides is 1. The summed E-state index contributed by atoms with van der Waals surface area (Å²) in [5.74, 6) is 1.29. The second kappa shape index (κ2) is 9.03. The zero-order valence-electron chi connectivity index (χ0n) is 17.1. The van der Waals surface area contributed by atoms with Crippen LogP contribution in [0.4, 0.5) is 11.4 Å². The summed E-state index contributed by atoms with van der Waals surface area (Å²) in [5, 5.41) is 2.74. The van der Waals surface area contributed by atoms with Gasteiger partial charge in [0.15, 0.2) is 11.5 Å². The lowest BCUT2D eigenvalue weighted by Gasteiger charge is -2.11. The lowest BCUT2D eigenvalue weighted by atomic mass is 10.2. The zero-order chi connectivity index (χ0) is 22.6. The molecule has 2 N–H and O–H groups in total. The van der Waals surface area contributed by atoms with Crippen LogP contribution in [0.5, 0.6) is 17.2 Å². The molecule has 1 aliphatic heterocycles. The van der Waals surface area contributed by atoms with E-state index < -0.39 is 10.0 Å². The summed E-state index contributed by atoms with van der Waals surface area (Å²) in [6.45, 7) is 0.159. The van der Waals surface area contributed by atoms with E-state index >= 15 is 0 Å². The minimum atomic E-state index is -3.80. The van der Waals surface area contributed by atoms with Crippen LogP contribution in [0.15, 0.2) is 77.7 Å². The topological polar surface area (TPSA) is 103 Å². The van der Waals surface area contributed by atoms with Gasteiger partial charge < -0.3 is 19.5 Å². The Balaban J connectivity index is 1.40. The molecule has 8 nitrogen and oxygen atoms in total. The largest absolute Gasteiger partial charge is 0.495 e. The molecule has 0 atom stereocenters. The number of para-hydroxylation sites is 2. The zero-order valence-corrected chi connectivity index (χ0v) is 17.9. The predicted molar refractivity (Wildman–Crippen MR) is 120 cm³/mol. The van der Waals surface area contributed by atoms with Gasteiger partial charge in [-0.1, -0.05) is 24.3 Å². The Labute approximate surface area is 185 Å². The van der Waals surface area contributed by atoms with Crippen molar-refractivity contribution >= 4 is 33.4 Å². The molecule has 0 saturated carbocycles. The minimum absolute atomic E-state index is 0.0883. The van der Waals surface area contributed by atoms with Crippen LogP contribution in [-0.2, 0) is 14.8 Å². The Morgan fingerprint density at radius 3 is 2.53 bits per heavy atom. The monoisotopic (exact) mass is 452 g/mol. The number of nitrogens with one attached hydrogen (secondary N) is 2. The average Bonchev–Trinajstić information content (AvgIpc) is 3.26. The molecular formula is C23H20N2O6S. The summed E-state index contributed by atoms with van der Waals surface area (Å²) in [4.78, 5) is 12.3. The highest BCUT2D eigenvalue weighted by atomic mass is 32.2. The number of carbonyl (C=O) groups excluding carboxylic acids is 1. The molecule has 0 bridgehead atoms. The van der Waals surface area contributed by atoms with Crippen LogP contribution in [0.25, 0.3) is 6.08 Å². The van der Waals surface area contributed by atoms with Crippen LogP contribution in [0.3, 0.4) is 0 Å². The van der Waals surface area contributed by atoms with Crippen LogP contribution in [-0.4, -0.2) is 28.2 Å². The molecule has 1 heterocycles. The highest BCUT2D eigenvalue weighted by Gasteiger charge is 2.16. The Hall–Kier alpha value is -3.98. The Morgan fingerprint density at radius 2 is 1.75 bits per heavy atom. The second-order valence-corrected chi connectivity index (χ2v) is 8.45. The molecule has 4 rings (SSSR count). The standard InChI is InChI=1S/C23H20N2O6S/c1-29-20-5-3-2-4-19(20)25-32(27,28)18-10-6-16(7-11-18)8-13-23(26)24-17-9-12-21-22(14-17)31-15-30-21/h2-14,25H,15H2,1H3,(H,24,26)/b13-8+. The van der Waals surface area contributed by atoms with Crippen molar-refractivity contribution in [1.29, 1.82) is 0 Å². The number of hydrogen-bond donors (Lipinski definition) is 2. The third-order valence-corrected chi connectivity index (χ3v) is 5.99. The Kier molecular flexibility index (Phi) is 6.00. The van der Waals surface area contributed by atoms with Crippen molar-refractivity contribution in [2.45, 2.75) is 4.90 Å². The third-order valence-electron chi connectivity index (χ3n) is 4.61. The van der Waals surface area contributed by atoms with Gasteiger partial charge in [0.2, 0.25) is 12.7 Å². The van der Waals surface area contributed by atoms with Crippen molar-refractivity contribution in [3.63, 3.8) is 0 Å². The molecule has 3 aromatic carbocycles. The van der Waals surface area contributed by atoms with E-state index in [0.717, 1.165) is 0 Å². The summed E-state index contributed by atoms with van der Waals surface area (Å²) in [5.41, 5.74) is 1.59. The molecule has 0 aliphatic carbocycles. The molecule has 0 radical (unpaired) electrons. The molecule has 32 heavy (non-hydrogen) atoms. The fourth-order valence-electron chi connectivity index (χ4n) is 3.02. The van der Waals surface area contributed by atoms with Crippen LogP contribution in [0.1, 0.15) is 5.56 Å². The van der Waals surface area contributed by atoms with E-state index in [1.54, 1.807) is 60.7 Å². The van der Waals surface area contributed by atoms with E-state index in [1.165, 1.54) is 25.3 Å². The fraction of sp³-hybridized carbons (Fsp3) is 0.0870. The molecule has 1 aliphatic rings. The number of hydrogen-bond acceptors (Lipinski definition) is 6. The summed E-state index contributed by atoms with van der Waals surface area (Å²) >= 11 is 0. The Morgan fingerprint density at radius 1 is 1.00 bits per heavy atom. The van der Waals surface area contributed by atoms with Crippen molar-refractivity contribution in [3.05, 3.63) is 78.4 Å². The van der Waals surface area contributed by atoms with Gasteiger partial charge in [-0.15, -0.1) is 0 Å². The molecule has 0 unspecified atom stereocenters. The molecule has 164 valence electrons. The van der Waals surface area contributed by atoms with Crippen LogP contribution < -0.4 is 24.2 Å². The molecule has 9 heteroatoms. The average molecular weight is 452 g/mol. The lowest BCUT2D eigenvalue weighted by Crippen LogP contribution is -2.13. The van der Waals surface area contributed by atoms with Gasteiger partial charge in [0.05, 0.1) is 17.7 Å². The van der Waals surface area contributed by atoms with Gasteiger partial charge in [0.1, 0.15) is 5.75 Å². The van der Waals surface area contributed by atoms with E-state index in [0.29, 0.717) is 34.2 Å². The summed E-state index contributed by atoms with van der Waals surface area (Å²) in [7, 11) is -2.33. The maximum atomic E-state index is 12.7. The summed E-state index contributed by atoms with van der Waals surface area (Å²) < 4.78 is 43.5. The first-order valence-corrected chi connectivity index (χ1v) is 11.1. The van der Waals surface area contributed by atoms with Crippen molar-refractivity contribution in [2.75, 3.05) is 23.9 Å². The highest BCUT2D eigenvalue weighted by Crippen LogP contribution is 2.34. The quantitative estimate of drug-likeness (QED) is 0.528. The second-order valence-electron chi connectivity index (χ2n) is 6.77. The first kappa shape index (κ1) is 21.3. The van der Waals surface area contributed by atoms with E-state index in [4.69, 9.17) is 14.2 Å². The van der Waals surface area contributed by atoms with Crippen molar-refractivity contribution in [1.82, 2.24) is 0 Å². The first-order chi connectivity index (χ1) is 15.4. The van der Waals surface area contributed by atoms with Crippen LogP contribution in [0, 0.1) is 0 Å². The molecule has 3 aromatic rings. The van der Waals surface area contributed by atoms with E-state index in [-0.39, 0.29) is 17.6 Å². The van der Waals surface area contributed by atoms with Gasteiger partial charge in [-0.05, 0) is 48.0 Å². The van der Waals surface area contributed by atoms with Crippen LogP contribution in [0.2, 0.25) is 0 Å². The normalized spacial score (nSPS) is 12.5. The van der Waals surface area contributed by atoms with E-state index in [9.17, 15) is 13.2 Å². The molecule has 0 spiro atoms. The number of benzene rings is 3. The smallest absolute Gasteiger partial charge is 0.262 e. The maximum Gasteiger partial charge on any atom is 0.262 e. The van der Waals surface area contributed by atoms with Gasteiger partial charge in [0, 0.05) is 17.8 Å². The van der Waals surface area contributed by atoms with Crippen LogP contribution >= 0.6 is 0 Å². The highest BCUT2D eigenvalue weighted by molar-refractivity contribution is 7.92. The SMILES string of the molecule is COc1ccccc1NS(=O)(=O)c1ccc(/C=C/C(=O)Nc2ccc3c(c2)OCO3)cc1. The number of sulfonamides is 1. The number of anilines is 2. The first-order valence-electron chi connectivity index (χ1n) is 9.59. The van der Waals surface area contributed by atoms with Gasteiger partial charge in [-0.2, -0.15) is 0 Å². The van der Waals surface area contributed by atoms with Crippen molar-refractivity contribution < 1.29 is 27.4 Å². The third kappa shape index (κ3) is 4.84. The van der Waals surface area contributed by atoms with Crippen molar-refractivity contribution in [3.8, 4) is 17.2 Å². The van der Waals surface area contributed by atoms with Gasteiger partial charge in [0.25, 0.3) is 10.0 Å². The minimum Gasteiger partial charge on any atom is -0.495 e. The van der Waals surface area contributed by atoms with E-state index in [1.807, 2.05) is 0 Å². The predicted octanol–water partition coefficient (Wildman–Crippen LogP) is 3.88. The number of rotatable bonds is 7. The van der Waals surface area contributed by atoms with Crippen molar-refractivity contribution in [2.24, 2.45) is 0 Å². The van der Waals surface area contributed by atoms with E-state index in [2.05, 4.69) is 10.0 Å². The van der Waals surface area contributed by atoms with Gasteiger partial charge in [-0.3, -0.25) is 9.52 Å². The molecule has 0 fully saturated rings. The molecule has 1 amide bonds. The molecular weight excluding hydrogens is 432 g/mol.